The highest BCUT2D eigenvalue weighted by Crippen LogP contribution is 2.45. The van der Waals surface area contributed by atoms with Crippen LogP contribution in [0.15, 0.2) is 40.7 Å². The molecule has 2 heterocycles. The van der Waals surface area contributed by atoms with E-state index in [2.05, 4.69) is 5.32 Å². The van der Waals surface area contributed by atoms with Crippen molar-refractivity contribution < 1.29 is 23.8 Å². The Morgan fingerprint density at radius 3 is 2.72 bits per heavy atom. The van der Waals surface area contributed by atoms with E-state index in [-0.39, 0.29) is 24.6 Å². The van der Waals surface area contributed by atoms with Gasteiger partial charge >= 0.3 is 5.97 Å². The fraction of sp³-hybridized carbons (Fsp3) is 0.478. The van der Waals surface area contributed by atoms with Crippen LogP contribution in [-0.4, -0.2) is 24.6 Å². The zero-order chi connectivity index (χ0) is 20.0. The second-order valence-corrected chi connectivity index (χ2v) is 8.19. The van der Waals surface area contributed by atoms with Crippen molar-refractivity contribution in [2.45, 2.75) is 63.9 Å². The van der Waals surface area contributed by atoms with E-state index in [1.807, 2.05) is 25.1 Å². The highest BCUT2D eigenvalue weighted by molar-refractivity contribution is 6.03. The van der Waals surface area contributed by atoms with Gasteiger partial charge in [0, 0.05) is 29.3 Å². The number of ether oxygens (including phenoxy) is 3. The summed E-state index contributed by atoms with van der Waals surface area (Å²) in [6.45, 7) is 2.08. The first-order valence-corrected chi connectivity index (χ1v) is 10.5. The molecular formula is C23H25NO5. The van der Waals surface area contributed by atoms with E-state index in [4.69, 9.17) is 14.2 Å². The molecule has 0 saturated heterocycles. The number of carbonyl (C=O) groups is 2. The van der Waals surface area contributed by atoms with Crippen LogP contribution in [0.3, 0.4) is 0 Å². The smallest absolute Gasteiger partial charge is 0.337 e. The molecule has 152 valence electrons. The lowest BCUT2D eigenvalue weighted by atomic mass is 9.75. The standard InChI is InChI=1S/C23H25NO5/c1-13-20(23(26)29-15-5-2-3-6-15)21(22-16(24-13)7-4-8-17(22)25)14-9-10-18-19(11-14)28-12-27-18/h9-11,15,21,24H,2-8,12H2,1H3. The van der Waals surface area contributed by atoms with Gasteiger partial charge in [-0.1, -0.05) is 6.07 Å². The minimum absolute atomic E-state index is 0.0300. The van der Waals surface area contributed by atoms with Crippen LogP contribution >= 0.6 is 0 Å². The lowest BCUT2D eigenvalue weighted by Gasteiger charge is -2.34. The molecule has 2 aliphatic heterocycles. The maximum absolute atomic E-state index is 13.3. The number of hydrogen-bond donors (Lipinski definition) is 1. The number of allylic oxidation sites excluding steroid dienone is 3. The molecule has 1 unspecified atom stereocenters. The molecule has 1 N–H and O–H groups in total. The summed E-state index contributed by atoms with van der Waals surface area (Å²) in [7, 11) is 0. The Balaban J connectivity index is 1.58. The number of esters is 1. The third-order valence-electron chi connectivity index (χ3n) is 6.30. The van der Waals surface area contributed by atoms with Crippen molar-refractivity contribution in [2.24, 2.45) is 0 Å². The molecule has 2 aliphatic carbocycles. The zero-order valence-electron chi connectivity index (χ0n) is 16.6. The van der Waals surface area contributed by atoms with Crippen molar-refractivity contribution in [1.29, 1.82) is 0 Å². The van der Waals surface area contributed by atoms with Gasteiger partial charge in [-0.05, 0) is 63.1 Å². The normalized spacial score (nSPS) is 23.9. The van der Waals surface area contributed by atoms with Crippen molar-refractivity contribution in [3.05, 3.63) is 46.3 Å². The van der Waals surface area contributed by atoms with Gasteiger partial charge in [0.15, 0.2) is 17.3 Å². The molecule has 1 saturated carbocycles. The number of hydrogen-bond acceptors (Lipinski definition) is 6. The SMILES string of the molecule is CC1=C(C(=O)OC2CCCC2)C(c2ccc3c(c2)OCO3)C2=C(CCCC2=O)N1. The lowest BCUT2D eigenvalue weighted by Crippen LogP contribution is -2.35. The summed E-state index contributed by atoms with van der Waals surface area (Å²) < 4.78 is 16.8. The van der Waals surface area contributed by atoms with Gasteiger partial charge < -0.3 is 19.5 Å². The largest absolute Gasteiger partial charge is 0.459 e. The van der Waals surface area contributed by atoms with Crippen LogP contribution in [0.25, 0.3) is 0 Å². The highest BCUT2D eigenvalue weighted by atomic mass is 16.7. The van der Waals surface area contributed by atoms with Gasteiger partial charge in [0.2, 0.25) is 6.79 Å². The van der Waals surface area contributed by atoms with Gasteiger partial charge in [-0.2, -0.15) is 0 Å². The minimum atomic E-state index is -0.442. The van der Waals surface area contributed by atoms with E-state index in [0.717, 1.165) is 55.5 Å². The Morgan fingerprint density at radius 1 is 1.10 bits per heavy atom. The summed E-state index contributed by atoms with van der Waals surface area (Å²) in [4.78, 5) is 26.2. The monoisotopic (exact) mass is 395 g/mol. The third kappa shape index (κ3) is 3.20. The predicted octanol–water partition coefficient (Wildman–Crippen LogP) is 3.87. The number of fused-ring (bicyclic) bond motifs is 1. The molecule has 0 radical (unpaired) electrons. The summed E-state index contributed by atoms with van der Waals surface area (Å²) in [6.07, 6.45) is 6.11. The van der Waals surface area contributed by atoms with Gasteiger partial charge in [0.25, 0.3) is 0 Å². The van der Waals surface area contributed by atoms with Crippen LogP contribution in [-0.2, 0) is 14.3 Å². The van der Waals surface area contributed by atoms with E-state index in [0.29, 0.717) is 29.1 Å². The van der Waals surface area contributed by atoms with Crippen LogP contribution in [0.5, 0.6) is 11.5 Å². The Kier molecular flexibility index (Phi) is 4.57. The second-order valence-electron chi connectivity index (χ2n) is 8.19. The van der Waals surface area contributed by atoms with E-state index in [1.165, 1.54) is 0 Å². The van der Waals surface area contributed by atoms with Crippen LogP contribution in [0, 0.1) is 0 Å². The summed E-state index contributed by atoms with van der Waals surface area (Å²) >= 11 is 0. The van der Waals surface area contributed by atoms with Crippen molar-refractivity contribution >= 4 is 11.8 Å². The topological polar surface area (TPSA) is 73.9 Å². The first kappa shape index (κ1) is 18.3. The molecular weight excluding hydrogens is 370 g/mol. The van der Waals surface area contributed by atoms with Crippen molar-refractivity contribution in [2.75, 3.05) is 6.79 Å². The van der Waals surface area contributed by atoms with E-state index in [1.54, 1.807) is 0 Å². The maximum atomic E-state index is 13.3. The molecule has 0 aromatic heterocycles. The number of benzene rings is 1. The summed E-state index contributed by atoms with van der Waals surface area (Å²) in [5.41, 5.74) is 3.78. The molecule has 0 bridgehead atoms. The van der Waals surface area contributed by atoms with Crippen LogP contribution in [0.1, 0.15) is 63.4 Å². The van der Waals surface area contributed by atoms with E-state index < -0.39 is 5.92 Å². The van der Waals surface area contributed by atoms with E-state index >= 15 is 0 Å². The van der Waals surface area contributed by atoms with E-state index in [9.17, 15) is 9.59 Å². The highest BCUT2D eigenvalue weighted by Gasteiger charge is 2.40. The Bertz CT molecular complexity index is 939. The molecule has 6 nitrogen and oxygen atoms in total. The van der Waals surface area contributed by atoms with Crippen LogP contribution in [0.4, 0.5) is 0 Å². The quantitative estimate of drug-likeness (QED) is 0.784. The zero-order valence-corrected chi connectivity index (χ0v) is 16.6. The molecule has 0 amide bonds. The fourth-order valence-electron chi connectivity index (χ4n) is 4.90. The summed E-state index contributed by atoms with van der Waals surface area (Å²) in [5, 5.41) is 3.34. The number of ketones is 1. The first-order valence-electron chi connectivity index (χ1n) is 10.5. The van der Waals surface area contributed by atoms with Crippen molar-refractivity contribution in [1.82, 2.24) is 5.32 Å². The van der Waals surface area contributed by atoms with Gasteiger partial charge in [-0.25, -0.2) is 4.79 Å². The van der Waals surface area contributed by atoms with Gasteiger partial charge in [0.1, 0.15) is 6.10 Å². The third-order valence-corrected chi connectivity index (χ3v) is 6.30. The molecule has 29 heavy (non-hydrogen) atoms. The molecule has 5 rings (SSSR count). The molecule has 1 aromatic carbocycles. The first-order chi connectivity index (χ1) is 14.1. The number of dihydropyridines is 1. The molecule has 4 aliphatic rings. The summed E-state index contributed by atoms with van der Waals surface area (Å²) in [5.74, 6) is 0.660. The predicted molar refractivity (Wildman–Crippen MR) is 105 cm³/mol. The molecule has 1 atom stereocenters. The number of rotatable bonds is 3. The number of carbonyl (C=O) groups excluding carboxylic acids is 2. The van der Waals surface area contributed by atoms with Crippen LogP contribution in [0.2, 0.25) is 0 Å². The van der Waals surface area contributed by atoms with Crippen molar-refractivity contribution in [3.8, 4) is 11.5 Å². The van der Waals surface area contributed by atoms with Gasteiger partial charge in [0.05, 0.1) is 5.57 Å². The number of nitrogens with one attached hydrogen (secondary N) is 1. The molecule has 1 fully saturated rings. The van der Waals surface area contributed by atoms with Crippen molar-refractivity contribution in [3.63, 3.8) is 0 Å². The van der Waals surface area contributed by atoms with Crippen LogP contribution < -0.4 is 14.8 Å². The minimum Gasteiger partial charge on any atom is -0.459 e. The second kappa shape index (κ2) is 7.25. The maximum Gasteiger partial charge on any atom is 0.337 e. The number of Topliss-reactive ketones (excluding diaryl/α,β-unsaturated/α-hetero) is 1. The average molecular weight is 395 g/mol. The van der Waals surface area contributed by atoms with Gasteiger partial charge in [-0.3, -0.25) is 4.79 Å². The molecule has 0 spiro atoms. The lowest BCUT2D eigenvalue weighted by molar-refractivity contribution is -0.144. The Morgan fingerprint density at radius 2 is 1.90 bits per heavy atom. The fourth-order valence-corrected chi connectivity index (χ4v) is 4.90. The Hall–Kier alpha value is -2.76. The summed E-state index contributed by atoms with van der Waals surface area (Å²) in [6, 6.07) is 5.66. The van der Waals surface area contributed by atoms with Gasteiger partial charge in [-0.15, -0.1) is 0 Å². The molecule has 6 heteroatoms. The molecule has 1 aromatic rings. The average Bonchev–Trinajstić information content (AvgIpc) is 3.38. The Labute approximate surface area is 169 Å².